The number of carbonyl (C=O) groups excluding carboxylic acids is 2. The van der Waals surface area contributed by atoms with E-state index < -0.39 is 0 Å². The molecule has 2 saturated carbocycles. The zero-order valence-electron chi connectivity index (χ0n) is 12.1. The highest BCUT2D eigenvalue weighted by Gasteiger charge is 2.40. The fourth-order valence-corrected chi connectivity index (χ4v) is 3.78. The third kappa shape index (κ3) is 3.65. The zero-order chi connectivity index (χ0) is 14.7. The van der Waals surface area contributed by atoms with Crippen LogP contribution in [0.4, 0.5) is 0 Å². The first-order valence-corrected chi connectivity index (χ1v) is 7.76. The van der Waals surface area contributed by atoms with Crippen molar-refractivity contribution in [2.24, 2.45) is 17.8 Å². The summed E-state index contributed by atoms with van der Waals surface area (Å²) in [7, 11) is 0. The Hall–Kier alpha value is -1.78. The number of carbonyl (C=O) groups is 2. The standard InChI is InChI=1S/C16H22N2O3/c19-15(8-13-7-11-3-4-12(13)6-11)18-10-16(20)17-9-14-2-1-5-21-14/h1-2,5,11-13H,3-4,6-10H2,(H,17,20)(H,18,19)/t11-,12+,13+/m0/s1. The van der Waals surface area contributed by atoms with Crippen molar-refractivity contribution in [3.63, 3.8) is 0 Å². The molecule has 2 aliphatic carbocycles. The van der Waals surface area contributed by atoms with Crippen LogP contribution in [0.3, 0.4) is 0 Å². The van der Waals surface area contributed by atoms with Crippen molar-refractivity contribution in [3.05, 3.63) is 24.2 Å². The second-order valence-electron chi connectivity index (χ2n) is 6.27. The first kappa shape index (κ1) is 14.2. The first-order chi connectivity index (χ1) is 10.2. The minimum Gasteiger partial charge on any atom is -0.467 e. The molecule has 0 aliphatic heterocycles. The second-order valence-corrected chi connectivity index (χ2v) is 6.27. The van der Waals surface area contributed by atoms with E-state index >= 15 is 0 Å². The Balaban J connectivity index is 1.33. The molecule has 0 aromatic carbocycles. The highest BCUT2D eigenvalue weighted by molar-refractivity contribution is 5.84. The molecule has 2 N–H and O–H groups in total. The predicted molar refractivity (Wildman–Crippen MR) is 77.1 cm³/mol. The summed E-state index contributed by atoms with van der Waals surface area (Å²) in [5.41, 5.74) is 0. The number of fused-ring (bicyclic) bond motifs is 2. The normalized spacial score (nSPS) is 26.8. The summed E-state index contributed by atoms with van der Waals surface area (Å²) in [5.74, 6) is 2.65. The number of nitrogens with one attached hydrogen (secondary N) is 2. The number of amides is 2. The van der Waals surface area contributed by atoms with Gasteiger partial charge in [0.15, 0.2) is 0 Å². The quantitative estimate of drug-likeness (QED) is 0.839. The molecular formula is C16H22N2O3. The average Bonchev–Trinajstić information content (AvgIpc) is 3.20. The van der Waals surface area contributed by atoms with E-state index in [0.717, 1.165) is 11.8 Å². The third-order valence-corrected chi connectivity index (χ3v) is 4.82. The average molecular weight is 290 g/mol. The van der Waals surface area contributed by atoms with Crippen molar-refractivity contribution in [3.8, 4) is 0 Å². The molecule has 2 bridgehead atoms. The van der Waals surface area contributed by atoms with Gasteiger partial charge in [-0.2, -0.15) is 0 Å². The molecule has 2 aliphatic rings. The van der Waals surface area contributed by atoms with E-state index in [0.29, 0.717) is 24.6 Å². The first-order valence-electron chi connectivity index (χ1n) is 7.76. The molecule has 1 aromatic heterocycles. The number of rotatable bonds is 6. The van der Waals surface area contributed by atoms with Gasteiger partial charge in [0.1, 0.15) is 5.76 Å². The van der Waals surface area contributed by atoms with Gasteiger partial charge in [-0.3, -0.25) is 9.59 Å². The maximum atomic E-state index is 11.9. The Labute approximate surface area is 124 Å². The Morgan fingerprint density at radius 3 is 2.76 bits per heavy atom. The van der Waals surface area contributed by atoms with Gasteiger partial charge in [0, 0.05) is 6.42 Å². The lowest BCUT2D eigenvalue weighted by molar-refractivity contribution is -0.127. The topological polar surface area (TPSA) is 71.3 Å². The lowest BCUT2D eigenvalue weighted by Crippen LogP contribution is -2.37. The second kappa shape index (κ2) is 6.33. The molecule has 2 amide bonds. The fourth-order valence-electron chi connectivity index (χ4n) is 3.78. The van der Waals surface area contributed by atoms with Crippen molar-refractivity contribution in [2.75, 3.05) is 6.54 Å². The summed E-state index contributed by atoms with van der Waals surface area (Å²) in [4.78, 5) is 23.5. The van der Waals surface area contributed by atoms with E-state index in [9.17, 15) is 9.59 Å². The molecule has 1 heterocycles. The molecule has 3 rings (SSSR count). The number of furan rings is 1. The molecule has 114 valence electrons. The lowest BCUT2D eigenvalue weighted by Gasteiger charge is -2.20. The zero-order valence-corrected chi connectivity index (χ0v) is 12.1. The molecule has 5 nitrogen and oxygen atoms in total. The SMILES string of the molecule is O=C(CNC(=O)C[C@H]1C[C@H]2CC[C@@H]1C2)NCc1ccco1. The van der Waals surface area contributed by atoms with E-state index in [4.69, 9.17) is 4.42 Å². The van der Waals surface area contributed by atoms with Gasteiger partial charge in [-0.1, -0.05) is 6.42 Å². The van der Waals surface area contributed by atoms with Crippen LogP contribution in [0.1, 0.15) is 37.9 Å². The van der Waals surface area contributed by atoms with Crippen LogP contribution in [0.5, 0.6) is 0 Å². The van der Waals surface area contributed by atoms with Gasteiger partial charge in [0.2, 0.25) is 11.8 Å². The summed E-state index contributed by atoms with van der Waals surface area (Å²) in [6.07, 6.45) is 7.28. The van der Waals surface area contributed by atoms with Crippen molar-refractivity contribution in [1.82, 2.24) is 10.6 Å². The summed E-state index contributed by atoms with van der Waals surface area (Å²) < 4.78 is 5.12. The van der Waals surface area contributed by atoms with Gasteiger partial charge in [-0.05, 0) is 49.1 Å². The molecule has 3 atom stereocenters. The molecule has 2 fully saturated rings. The molecule has 1 aromatic rings. The fraction of sp³-hybridized carbons (Fsp3) is 0.625. The molecule has 0 unspecified atom stereocenters. The maximum absolute atomic E-state index is 11.9. The van der Waals surface area contributed by atoms with Crippen LogP contribution in [0.15, 0.2) is 22.8 Å². The molecule has 21 heavy (non-hydrogen) atoms. The third-order valence-electron chi connectivity index (χ3n) is 4.82. The van der Waals surface area contributed by atoms with Crippen molar-refractivity contribution in [2.45, 2.75) is 38.6 Å². The van der Waals surface area contributed by atoms with Crippen LogP contribution < -0.4 is 10.6 Å². The van der Waals surface area contributed by atoms with E-state index in [1.54, 1.807) is 18.4 Å². The Morgan fingerprint density at radius 1 is 1.19 bits per heavy atom. The Kier molecular flexibility index (Phi) is 4.27. The van der Waals surface area contributed by atoms with E-state index in [1.807, 2.05) is 0 Å². The van der Waals surface area contributed by atoms with Crippen LogP contribution in [0.2, 0.25) is 0 Å². The minimum absolute atomic E-state index is 0.000647. The maximum Gasteiger partial charge on any atom is 0.239 e. The Bertz CT molecular complexity index is 498. The van der Waals surface area contributed by atoms with E-state index in [2.05, 4.69) is 10.6 Å². The van der Waals surface area contributed by atoms with Gasteiger partial charge in [0.25, 0.3) is 0 Å². The van der Waals surface area contributed by atoms with Gasteiger partial charge in [-0.25, -0.2) is 0 Å². The summed E-state index contributed by atoms with van der Waals surface area (Å²) in [6.45, 7) is 0.397. The van der Waals surface area contributed by atoms with Crippen LogP contribution in [0, 0.1) is 17.8 Å². The molecule has 0 spiro atoms. The summed E-state index contributed by atoms with van der Waals surface area (Å²) >= 11 is 0. The summed E-state index contributed by atoms with van der Waals surface area (Å²) in [5, 5.41) is 5.43. The number of hydrogen-bond acceptors (Lipinski definition) is 3. The van der Waals surface area contributed by atoms with Gasteiger partial charge >= 0.3 is 0 Å². The summed E-state index contributed by atoms with van der Waals surface area (Å²) in [6, 6.07) is 3.58. The molecular weight excluding hydrogens is 268 g/mol. The monoisotopic (exact) mass is 290 g/mol. The molecule has 0 saturated heterocycles. The van der Waals surface area contributed by atoms with Crippen molar-refractivity contribution in [1.29, 1.82) is 0 Å². The van der Waals surface area contributed by atoms with Gasteiger partial charge in [-0.15, -0.1) is 0 Å². The van der Waals surface area contributed by atoms with E-state index in [1.165, 1.54) is 25.7 Å². The van der Waals surface area contributed by atoms with E-state index in [-0.39, 0.29) is 18.4 Å². The smallest absolute Gasteiger partial charge is 0.239 e. The predicted octanol–water partition coefficient (Wildman–Crippen LogP) is 1.84. The largest absolute Gasteiger partial charge is 0.467 e. The highest BCUT2D eigenvalue weighted by Crippen LogP contribution is 2.49. The van der Waals surface area contributed by atoms with Crippen LogP contribution >= 0.6 is 0 Å². The van der Waals surface area contributed by atoms with Crippen LogP contribution in [0.25, 0.3) is 0 Å². The number of hydrogen-bond donors (Lipinski definition) is 2. The van der Waals surface area contributed by atoms with Crippen molar-refractivity contribution >= 4 is 11.8 Å². The Morgan fingerprint density at radius 2 is 2.10 bits per heavy atom. The highest BCUT2D eigenvalue weighted by atomic mass is 16.3. The van der Waals surface area contributed by atoms with Crippen LogP contribution in [-0.4, -0.2) is 18.4 Å². The molecule has 5 heteroatoms. The lowest BCUT2D eigenvalue weighted by atomic mass is 9.86. The van der Waals surface area contributed by atoms with Crippen molar-refractivity contribution < 1.29 is 14.0 Å². The minimum atomic E-state index is -0.187. The van der Waals surface area contributed by atoms with Gasteiger partial charge < -0.3 is 15.1 Å². The van der Waals surface area contributed by atoms with Crippen LogP contribution in [-0.2, 0) is 16.1 Å². The van der Waals surface area contributed by atoms with Gasteiger partial charge in [0.05, 0.1) is 19.4 Å². The molecule has 0 radical (unpaired) electrons.